The highest BCUT2D eigenvalue weighted by molar-refractivity contribution is 5.79. The Labute approximate surface area is 161 Å². The summed E-state index contributed by atoms with van der Waals surface area (Å²) in [5.74, 6) is 2.96. The smallest absolute Gasteiger partial charge is 0.191 e. The lowest BCUT2D eigenvalue weighted by Crippen LogP contribution is -2.44. The van der Waals surface area contributed by atoms with Crippen molar-refractivity contribution in [3.8, 4) is 0 Å². The van der Waals surface area contributed by atoms with Crippen molar-refractivity contribution in [2.45, 2.75) is 63.5 Å². The maximum Gasteiger partial charge on any atom is 0.191 e. The molecule has 2 aromatic rings. The van der Waals surface area contributed by atoms with Gasteiger partial charge in [0.15, 0.2) is 11.8 Å². The summed E-state index contributed by atoms with van der Waals surface area (Å²) in [4.78, 5) is 4.42. The zero-order valence-electron chi connectivity index (χ0n) is 16.2. The molecule has 0 saturated heterocycles. The van der Waals surface area contributed by atoms with Crippen molar-refractivity contribution in [3.63, 3.8) is 0 Å². The Morgan fingerprint density at radius 1 is 1.07 bits per heavy atom. The van der Waals surface area contributed by atoms with Gasteiger partial charge in [0.05, 0.1) is 6.54 Å². The zero-order valence-corrected chi connectivity index (χ0v) is 16.2. The highest BCUT2D eigenvalue weighted by atomic mass is 15.3. The van der Waals surface area contributed by atoms with Crippen LogP contribution in [0.2, 0.25) is 0 Å². The summed E-state index contributed by atoms with van der Waals surface area (Å²) in [6.07, 6.45) is 8.54. The van der Waals surface area contributed by atoms with Crippen molar-refractivity contribution < 1.29 is 0 Å². The Morgan fingerprint density at radius 2 is 1.89 bits per heavy atom. The maximum atomic E-state index is 4.42. The minimum absolute atomic E-state index is 0.215. The molecule has 6 heteroatoms. The molecule has 1 aromatic carbocycles. The molecule has 2 heterocycles. The lowest BCUT2D eigenvalue weighted by Gasteiger charge is -2.30. The number of benzene rings is 1. The maximum absolute atomic E-state index is 4.42. The molecular formula is C21H30N6. The normalized spacial score (nSPS) is 18.9. The molecule has 144 valence electrons. The summed E-state index contributed by atoms with van der Waals surface area (Å²) in [6, 6.07) is 10.9. The van der Waals surface area contributed by atoms with Gasteiger partial charge in [-0.2, -0.15) is 0 Å². The fraction of sp³-hybridized carbons (Fsp3) is 0.571. The molecule has 6 nitrogen and oxygen atoms in total. The van der Waals surface area contributed by atoms with Crippen LogP contribution in [0.5, 0.6) is 0 Å². The van der Waals surface area contributed by atoms with Crippen LogP contribution in [0.25, 0.3) is 0 Å². The number of hydrogen-bond acceptors (Lipinski definition) is 3. The van der Waals surface area contributed by atoms with Crippen molar-refractivity contribution in [1.82, 2.24) is 25.4 Å². The van der Waals surface area contributed by atoms with Crippen molar-refractivity contribution in [3.05, 3.63) is 47.5 Å². The van der Waals surface area contributed by atoms with Gasteiger partial charge in [-0.15, -0.1) is 10.2 Å². The van der Waals surface area contributed by atoms with Crippen LogP contribution in [0.1, 0.15) is 55.7 Å². The van der Waals surface area contributed by atoms with E-state index in [2.05, 4.69) is 60.7 Å². The molecule has 0 radical (unpaired) electrons. The zero-order chi connectivity index (χ0) is 18.5. The second-order valence-electron chi connectivity index (χ2n) is 7.77. The van der Waals surface area contributed by atoms with Gasteiger partial charge in [0, 0.05) is 32.0 Å². The summed E-state index contributed by atoms with van der Waals surface area (Å²) in [7, 11) is 1.83. The predicted molar refractivity (Wildman–Crippen MR) is 108 cm³/mol. The third kappa shape index (κ3) is 3.84. The van der Waals surface area contributed by atoms with E-state index in [1.807, 2.05) is 7.05 Å². The molecule has 0 bridgehead atoms. The monoisotopic (exact) mass is 366 g/mol. The summed E-state index contributed by atoms with van der Waals surface area (Å²) in [6.45, 7) is 2.60. The second-order valence-corrected chi connectivity index (χ2v) is 7.77. The van der Waals surface area contributed by atoms with Gasteiger partial charge >= 0.3 is 0 Å². The van der Waals surface area contributed by atoms with E-state index in [0.717, 1.165) is 37.1 Å². The Kier molecular flexibility index (Phi) is 5.41. The van der Waals surface area contributed by atoms with Gasteiger partial charge in [0.25, 0.3) is 0 Å². The van der Waals surface area contributed by atoms with E-state index in [1.54, 1.807) is 0 Å². The van der Waals surface area contributed by atoms with Gasteiger partial charge in [-0.3, -0.25) is 4.99 Å². The lowest BCUT2D eigenvalue weighted by atomic mass is 9.79. The molecule has 1 aliphatic heterocycles. The molecule has 1 aliphatic carbocycles. The molecular weight excluding hydrogens is 336 g/mol. The molecule has 2 N–H and O–H groups in total. The van der Waals surface area contributed by atoms with E-state index < -0.39 is 0 Å². The fourth-order valence-corrected chi connectivity index (χ4v) is 4.55. The molecule has 1 saturated carbocycles. The quantitative estimate of drug-likeness (QED) is 0.631. The number of rotatable bonds is 5. The number of hydrogen-bond donors (Lipinski definition) is 2. The molecule has 0 atom stereocenters. The van der Waals surface area contributed by atoms with E-state index >= 15 is 0 Å². The fourth-order valence-electron chi connectivity index (χ4n) is 4.55. The van der Waals surface area contributed by atoms with Crippen LogP contribution in [0.15, 0.2) is 35.3 Å². The average molecular weight is 367 g/mol. The summed E-state index contributed by atoms with van der Waals surface area (Å²) < 4.78 is 2.26. The average Bonchev–Trinajstić information content (AvgIpc) is 3.37. The molecule has 4 rings (SSSR count). The number of fused-ring (bicyclic) bond motifs is 1. The van der Waals surface area contributed by atoms with Crippen LogP contribution in [-0.4, -0.2) is 34.3 Å². The molecule has 0 amide bonds. The van der Waals surface area contributed by atoms with Crippen molar-refractivity contribution >= 4 is 5.96 Å². The number of aromatic nitrogens is 3. The van der Waals surface area contributed by atoms with E-state index in [9.17, 15) is 0 Å². The first kappa shape index (κ1) is 18.0. The molecule has 1 fully saturated rings. The first-order valence-electron chi connectivity index (χ1n) is 10.2. The summed E-state index contributed by atoms with van der Waals surface area (Å²) >= 11 is 0. The lowest BCUT2D eigenvalue weighted by molar-refractivity contribution is 0.431. The topological polar surface area (TPSA) is 67.1 Å². The third-order valence-electron chi connectivity index (χ3n) is 6.11. The van der Waals surface area contributed by atoms with Crippen LogP contribution >= 0.6 is 0 Å². The number of aryl methyl sites for hydroxylation is 1. The SMILES string of the molecule is CN=C(NCc1nnc2n1CCCC2)NCC1(c2ccccc2)CCCC1. The summed E-state index contributed by atoms with van der Waals surface area (Å²) in [5, 5.41) is 15.7. The number of aliphatic imine (C=N–C) groups is 1. The Hall–Kier alpha value is -2.37. The molecule has 0 unspecified atom stereocenters. The first-order chi connectivity index (χ1) is 13.3. The molecule has 1 aromatic heterocycles. The largest absolute Gasteiger partial charge is 0.356 e. The second kappa shape index (κ2) is 8.11. The standard InChI is InChI=1S/C21H30N6/c1-22-20(23-15-19-26-25-18-11-5-8-14-27(18)19)24-16-21(12-6-7-13-21)17-9-3-2-4-10-17/h2-4,9-10H,5-8,11-16H2,1H3,(H2,22,23,24). The number of nitrogens with zero attached hydrogens (tertiary/aromatic N) is 4. The van der Waals surface area contributed by atoms with Gasteiger partial charge in [-0.05, 0) is 31.2 Å². The van der Waals surface area contributed by atoms with Crippen LogP contribution in [-0.2, 0) is 24.9 Å². The minimum atomic E-state index is 0.215. The van der Waals surface area contributed by atoms with E-state index in [0.29, 0.717) is 6.54 Å². The number of guanidine groups is 1. The predicted octanol–water partition coefficient (Wildman–Crippen LogP) is 2.79. The highest BCUT2D eigenvalue weighted by Gasteiger charge is 2.35. The Bertz CT molecular complexity index is 773. The van der Waals surface area contributed by atoms with E-state index in [4.69, 9.17) is 0 Å². The van der Waals surface area contributed by atoms with Gasteiger partial charge in [0.1, 0.15) is 5.82 Å². The van der Waals surface area contributed by atoms with Gasteiger partial charge in [0.2, 0.25) is 0 Å². The van der Waals surface area contributed by atoms with Crippen LogP contribution < -0.4 is 10.6 Å². The first-order valence-corrected chi connectivity index (χ1v) is 10.2. The van der Waals surface area contributed by atoms with Crippen LogP contribution in [0.4, 0.5) is 0 Å². The Morgan fingerprint density at radius 3 is 2.67 bits per heavy atom. The Balaban J connectivity index is 1.38. The van der Waals surface area contributed by atoms with Crippen molar-refractivity contribution in [2.75, 3.05) is 13.6 Å². The van der Waals surface area contributed by atoms with Crippen molar-refractivity contribution in [1.29, 1.82) is 0 Å². The van der Waals surface area contributed by atoms with Gasteiger partial charge < -0.3 is 15.2 Å². The third-order valence-corrected chi connectivity index (χ3v) is 6.11. The van der Waals surface area contributed by atoms with Crippen molar-refractivity contribution in [2.24, 2.45) is 4.99 Å². The molecule has 0 spiro atoms. The summed E-state index contributed by atoms with van der Waals surface area (Å²) in [5.41, 5.74) is 1.66. The van der Waals surface area contributed by atoms with Crippen LogP contribution in [0, 0.1) is 0 Å². The van der Waals surface area contributed by atoms with Gasteiger partial charge in [-0.1, -0.05) is 43.2 Å². The van der Waals surface area contributed by atoms with E-state index in [-0.39, 0.29) is 5.41 Å². The highest BCUT2D eigenvalue weighted by Crippen LogP contribution is 2.40. The van der Waals surface area contributed by atoms with E-state index in [1.165, 1.54) is 44.1 Å². The minimum Gasteiger partial charge on any atom is -0.356 e. The molecule has 2 aliphatic rings. The van der Waals surface area contributed by atoms with Gasteiger partial charge in [-0.25, -0.2) is 0 Å². The molecule has 27 heavy (non-hydrogen) atoms. The number of nitrogens with one attached hydrogen (secondary N) is 2. The van der Waals surface area contributed by atoms with Crippen LogP contribution in [0.3, 0.4) is 0 Å².